The van der Waals surface area contributed by atoms with Crippen molar-refractivity contribution in [3.05, 3.63) is 36.4 Å². The number of aliphatic hydroxyl groups is 1. The summed E-state index contributed by atoms with van der Waals surface area (Å²) in [6, 6.07) is 3.84. The molecule has 3 fully saturated rings. The molecule has 1 atom stereocenters. The van der Waals surface area contributed by atoms with Crippen LogP contribution in [0.25, 0.3) is 11.1 Å². The summed E-state index contributed by atoms with van der Waals surface area (Å²) < 4.78 is 0. The topological polar surface area (TPSA) is 103 Å². The van der Waals surface area contributed by atoms with Crippen molar-refractivity contribution >= 4 is 17.8 Å². The van der Waals surface area contributed by atoms with Gasteiger partial charge in [0.25, 0.3) is 5.91 Å². The van der Waals surface area contributed by atoms with Crippen molar-refractivity contribution in [2.24, 2.45) is 5.41 Å². The molecule has 1 spiro atoms. The number of hydrogen-bond donors (Lipinski definition) is 1. The van der Waals surface area contributed by atoms with E-state index in [1.54, 1.807) is 38.8 Å². The number of hydrogen-bond acceptors (Lipinski definition) is 7. The molecule has 3 aliphatic rings. The van der Waals surface area contributed by atoms with Crippen LogP contribution in [0.3, 0.4) is 0 Å². The number of pyridine rings is 1. The fourth-order valence-electron chi connectivity index (χ4n) is 5.80. The van der Waals surface area contributed by atoms with E-state index in [1.807, 2.05) is 6.07 Å². The van der Waals surface area contributed by atoms with Crippen molar-refractivity contribution < 1.29 is 14.7 Å². The standard InChI is InChI=1S/C26H34N6O3/c1-30(2)23(34)22-9-4-18(14-27-22)19-15-28-25(29-16-19)31-12-3-10-26(17-31)11-13-32(24(26)35)20-5-7-21(33)8-6-20/h4,9,14-16,20-21,33H,3,5-8,10-13,17H2,1-2H3. The summed E-state index contributed by atoms with van der Waals surface area (Å²) in [7, 11) is 3.40. The third-order valence-electron chi connectivity index (χ3n) is 7.87. The van der Waals surface area contributed by atoms with E-state index < -0.39 is 0 Å². The highest BCUT2D eigenvalue weighted by Crippen LogP contribution is 2.43. The molecule has 2 aromatic heterocycles. The van der Waals surface area contributed by atoms with Crippen molar-refractivity contribution in [2.45, 2.75) is 57.1 Å². The number of aromatic nitrogens is 3. The van der Waals surface area contributed by atoms with Crippen molar-refractivity contribution in [3.8, 4) is 11.1 Å². The summed E-state index contributed by atoms with van der Waals surface area (Å²) in [5.41, 5.74) is 1.73. The van der Waals surface area contributed by atoms with Crippen LogP contribution in [0.5, 0.6) is 0 Å². The van der Waals surface area contributed by atoms with Crippen LogP contribution in [0.2, 0.25) is 0 Å². The Morgan fingerprint density at radius 2 is 1.71 bits per heavy atom. The average molecular weight is 479 g/mol. The van der Waals surface area contributed by atoms with Gasteiger partial charge < -0.3 is 19.8 Å². The Hall–Kier alpha value is -3.07. The smallest absolute Gasteiger partial charge is 0.271 e. The van der Waals surface area contributed by atoms with E-state index in [-0.39, 0.29) is 29.4 Å². The molecule has 5 rings (SSSR count). The third-order valence-corrected chi connectivity index (χ3v) is 7.87. The molecule has 2 amide bonds. The summed E-state index contributed by atoms with van der Waals surface area (Å²) >= 11 is 0. The predicted octanol–water partition coefficient (Wildman–Crippen LogP) is 2.36. The highest BCUT2D eigenvalue weighted by molar-refractivity contribution is 5.92. The molecule has 1 N–H and O–H groups in total. The van der Waals surface area contributed by atoms with E-state index >= 15 is 0 Å². The lowest BCUT2D eigenvalue weighted by atomic mass is 9.78. The van der Waals surface area contributed by atoms with Crippen LogP contribution in [-0.4, -0.2) is 87.5 Å². The van der Waals surface area contributed by atoms with Gasteiger partial charge in [-0.3, -0.25) is 14.6 Å². The lowest BCUT2D eigenvalue weighted by molar-refractivity contribution is -0.139. The number of amides is 2. The van der Waals surface area contributed by atoms with Crippen LogP contribution in [0.4, 0.5) is 5.95 Å². The largest absolute Gasteiger partial charge is 0.393 e. The van der Waals surface area contributed by atoms with Gasteiger partial charge in [-0.2, -0.15) is 0 Å². The van der Waals surface area contributed by atoms with E-state index in [1.165, 1.54) is 4.90 Å². The highest BCUT2D eigenvalue weighted by Gasteiger charge is 2.51. The molecular formula is C26H34N6O3. The summed E-state index contributed by atoms with van der Waals surface area (Å²) in [5.74, 6) is 0.786. The Bertz CT molecular complexity index is 1070. The Morgan fingerprint density at radius 3 is 2.37 bits per heavy atom. The molecule has 4 heterocycles. The molecule has 1 aliphatic carbocycles. The molecule has 0 bridgehead atoms. The first kappa shape index (κ1) is 23.7. The van der Waals surface area contributed by atoms with Gasteiger partial charge in [0, 0.05) is 69.5 Å². The van der Waals surface area contributed by atoms with Crippen LogP contribution in [0.1, 0.15) is 55.4 Å². The van der Waals surface area contributed by atoms with E-state index in [4.69, 9.17) is 0 Å². The number of likely N-dealkylation sites (tertiary alicyclic amines) is 1. The second kappa shape index (κ2) is 9.53. The van der Waals surface area contributed by atoms with Gasteiger partial charge in [0.1, 0.15) is 5.69 Å². The molecule has 2 saturated heterocycles. The molecule has 9 nitrogen and oxygen atoms in total. The molecule has 1 saturated carbocycles. The number of nitrogens with zero attached hydrogens (tertiary/aromatic N) is 6. The normalized spacial score (nSPS) is 26.9. The van der Waals surface area contributed by atoms with Gasteiger partial charge in [-0.1, -0.05) is 6.07 Å². The predicted molar refractivity (Wildman–Crippen MR) is 132 cm³/mol. The van der Waals surface area contributed by atoms with Gasteiger partial charge in [0.15, 0.2) is 0 Å². The Labute approximate surface area is 206 Å². The zero-order valence-corrected chi connectivity index (χ0v) is 20.6. The fraction of sp³-hybridized carbons (Fsp3) is 0.577. The molecule has 2 aromatic rings. The third kappa shape index (κ3) is 4.61. The summed E-state index contributed by atoms with van der Waals surface area (Å²) in [4.78, 5) is 44.9. The molecule has 1 unspecified atom stereocenters. The number of anilines is 1. The maximum absolute atomic E-state index is 13.6. The lowest BCUT2D eigenvalue weighted by Crippen LogP contribution is -2.50. The van der Waals surface area contributed by atoms with E-state index in [2.05, 4.69) is 24.8 Å². The lowest BCUT2D eigenvalue weighted by Gasteiger charge is -2.40. The van der Waals surface area contributed by atoms with Gasteiger partial charge in [-0.15, -0.1) is 0 Å². The zero-order chi connectivity index (χ0) is 24.6. The van der Waals surface area contributed by atoms with Gasteiger partial charge in [-0.05, 0) is 51.0 Å². The Kier molecular flexibility index (Phi) is 6.44. The number of piperidine rings is 1. The van der Waals surface area contributed by atoms with Crippen LogP contribution in [-0.2, 0) is 4.79 Å². The maximum Gasteiger partial charge on any atom is 0.271 e. The SMILES string of the molecule is CN(C)C(=O)c1ccc(-c2cnc(N3CCCC4(CCN(C5CCC(O)CC5)C4=O)C3)nc2)cn1. The molecule has 0 radical (unpaired) electrons. The monoisotopic (exact) mass is 478 g/mol. The highest BCUT2D eigenvalue weighted by atomic mass is 16.3. The van der Waals surface area contributed by atoms with Gasteiger partial charge in [0.2, 0.25) is 11.9 Å². The Balaban J connectivity index is 1.26. The van der Waals surface area contributed by atoms with Crippen molar-refractivity contribution in [2.75, 3.05) is 38.6 Å². The van der Waals surface area contributed by atoms with Crippen LogP contribution in [0.15, 0.2) is 30.7 Å². The number of rotatable bonds is 4. The molecular weight excluding hydrogens is 444 g/mol. The van der Waals surface area contributed by atoms with Crippen LogP contribution in [0, 0.1) is 5.41 Å². The van der Waals surface area contributed by atoms with Gasteiger partial charge >= 0.3 is 0 Å². The molecule has 186 valence electrons. The fourth-order valence-corrected chi connectivity index (χ4v) is 5.80. The first-order valence-electron chi connectivity index (χ1n) is 12.6. The summed E-state index contributed by atoms with van der Waals surface area (Å²) in [6.07, 6.45) is 11.1. The van der Waals surface area contributed by atoms with E-state index in [9.17, 15) is 14.7 Å². The minimum absolute atomic E-state index is 0.136. The molecule has 35 heavy (non-hydrogen) atoms. The first-order valence-corrected chi connectivity index (χ1v) is 12.6. The quantitative estimate of drug-likeness (QED) is 0.720. The van der Waals surface area contributed by atoms with Crippen LogP contribution >= 0.6 is 0 Å². The van der Waals surface area contributed by atoms with Crippen LogP contribution < -0.4 is 4.90 Å². The van der Waals surface area contributed by atoms with Crippen molar-refractivity contribution in [1.29, 1.82) is 0 Å². The Morgan fingerprint density at radius 1 is 1.00 bits per heavy atom. The molecule has 2 aliphatic heterocycles. The number of carbonyl (C=O) groups is 2. The molecule has 9 heteroatoms. The average Bonchev–Trinajstić information content (AvgIpc) is 3.19. The molecule has 0 aromatic carbocycles. The van der Waals surface area contributed by atoms with Gasteiger partial charge in [-0.25, -0.2) is 9.97 Å². The van der Waals surface area contributed by atoms with Gasteiger partial charge in [0.05, 0.1) is 11.5 Å². The maximum atomic E-state index is 13.6. The second-order valence-electron chi connectivity index (χ2n) is 10.4. The zero-order valence-electron chi connectivity index (χ0n) is 20.6. The summed E-state index contributed by atoms with van der Waals surface area (Å²) in [6.45, 7) is 2.30. The van der Waals surface area contributed by atoms with Crippen molar-refractivity contribution in [1.82, 2.24) is 24.8 Å². The minimum Gasteiger partial charge on any atom is -0.393 e. The van der Waals surface area contributed by atoms with E-state index in [0.29, 0.717) is 18.2 Å². The second-order valence-corrected chi connectivity index (χ2v) is 10.4. The summed E-state index contributed by atoms with van der Waals surface area (Å²) in [5, 5.41) is 9.84. The van der Waals surface area contributed by atoms with E-state index in [0.717, 1.165) is 69.2 Å². The first-order chi connectivity index (χ1) is 16.9. The minimum atomic E-state index is -0.352. The van der Waals surface area contributed by atoms with Crippen molar-refractivity contribution in [3.63, 3.8) is 0 Å². The number of aliphatic hydroxyl groups excluding tert-OH is 1. The number of carbonyl (C=O) groups excluding carboxylic acids is 2.